The van der Waals surface area contributed by atoms with Gasteiger partial charge in [0, 0.05) is 5.56 Å². The van der Waals surface area contributed by atoms with Crippen molar-refractivity contribution in [2.45, 2.75) is 12.8 Å². The minimum atomic E-state index is -0.0650. The van der Waals surface area contributed by atoms with Crippen molar-refractivity contribution in [3.8, 4) is 34.4 Å². The minimum Gasteiger partial charge on any atom is -0.454 e. The number of aromatic nitrogens is 2. The molecule has 2 aliphatic rings. The number of hydrogen-bond donors (Lipinski definition) is 0. The highest BCUT2D eigenvalue weighted by molar-refractivity contribution is 5.61. The molecule has 0 fully saturated rings. The third-order valence-electron chi connectivity index (χ3n) is 4.34. The van der Waals surface area contributed by atoms with Gasteiger partial charge in [-0.15, -0.1) is 0 Å². The maximum Gasteiger partial charge on any atom is 0.234 e. The van der Waals surface area contributed by atoms with Gasteiger partial charge >= 0.3 is 0 Å². The van der Waals surface area contributed by atoms with Crippen LogP contribution in [0.5, 0.6) is 23.0 Å². The zero-order valence-corrected chi connectivity index (χ0v) is 13.4. The van der Waals surface area contributed by atoms with Crippen LogP contribution in [0.1, 0.15) is 24.3 Å². The molecule has 0 saturated carbocycles. The fourth-order valence-electron chi connectivity index (χ4n) is 2.89. The van der Waals surface area contributed by atoms with Gasteiger partial charge in [-0.25, -0.2) is 0 Å². The van der Waals surface area contributed by atoms with Gasteiger partial charge in [0.25, 0.3) is 0 Å². The van der Waals surface area contributed by atoms with E-state index < -0.39 is 0 Å². The van der Waals surface area contributed by atoms with Crippen molar-refractivity contribution in [3.05, 3.63) is 47.9 Å². The van der Waals surface area contributed by atoms with Crippen LogP contribution in [0.4, 0.5) is 0 Å². The molecule has 2 aromatic carbocycles. The molecule has 0 amide bonds. The summed E-state index contributed by atoms with van der Waals surface area (Å²) in [5, 5.41) is 4.09. The number of ether oxygens (including phenoxy) is 4. The summed E-state index contributed by atoms with van der Waals surface area (Å²) in [7, 11) is 0. The molecule has 1 atom stereocenters. The average Bonchev–Trinajstić information content (AvgIpc) is 3.39. The van der Waals surface area contributed by atoms with Gasteiger partial charge in [0.15, 0.2) is 23.0 Å². The Kier molecular flexibility index (Phi) is 3.06. The average molecular weight is 338 g/mol. The highest BCUT2D eigenvalue weighted by Crippen LogP contribution is 2.37. The van der Waals surface area contributed by atoms with Crippen molar-refractivity contribution in [2.75, 3.05) is 13.6 Å². The molecule has 3 heterocycles. The maximum absolute atomic E-state index is 5.47. The summed E-state index contributed by atoms with van der Waals surface area (Å²) in [4.78, 5) is 4.53. The molecule has 0 spiro atoms. The molecule has 7 heteroatoms. The number of benzene rings is 2. The molecule has 3 aromatic rings. The van der Waals surface area contributed by atoms with E-state index in [9.17, 15) is 0 Å². The highest BCUT2D eigenvalue weighted by atomic mass is 16.7. The van der Waals surface area contributed by atoms with Crippen molar-refractivity contribution < 1.29 is 23.5 Å². The number of nitrogens with zero attached hydrogens (tertiary/aromatic N) is 2. The second kappa shape index (κ2) is 5.41. The Bertz CT molecular complexity index is 952. The lowest BCUT2D eigenvalue weighted by molar-refractivity contribution is 0.173. The SMILES string of the molecule is CC(c1ccc2c(c1)OCO2)c1nc(-c2ccc3c(c2)OCO3)no1. The number of fused-ring (bicyclic) bond motifs is 2. The molecule has 0 radical (unpaired) electrons. The van der Waals surface area contributed by atoms with Crippen LogP contribution in [0.25, 0.3) is 11.4 Å². The molecule has 0 aliphatic carbocycles. The number of rotatable bonds is 3. The molecule has 0 saturated heterocycles. The first-order valence-electron chi connectivity index (χ1n) is 7.91. The second-order valence-corrected chi connectivity index (χ2v) is 5.86. The Labute approximate surface area is 143 Å². The number of hydrogen-bond acceptors (Lipinski definition) is 7. The van der Waals surface area contributed by atoms with Gasteiger partial charge < -0.3 is 23.5 Å². The molecule has 0 N–H and O–H groups in total. The van der Waals surface area contributed by atoms with E-state index >= 15 is 0 Å². The van der Waals surface area contributed by atoms with Gasteiger partial charge in [-0.1, -0.05) is 11.2 Å². The Morgan fingerprint density at radius 1 is 0.840 bits per heavy atom. The van der Waals surface area contributed by atoms with Gasteiger partial charge in [-0.05, 0) is 42.8 Å². The van der Waals surface area contributed by atoms with Crippen LogP contribution < -0.4 is 18.9 Å². The monoisotopic (exact) mass is 338 g/mol. The van der Waals surface area contributed by atoms with E-state index in [-0.39, 0.29) is 19.5 Å². The van der Waals surface area contributed by atoms with Crippen LogP contribution in [-0.4, -0.2) is 23.7 Å². The second-order valence-electron chi connectivity index (χ2n) is 5.86. The fraction of sp³-hybridized carbons (Fsp3) is 0.222. The van der Waals surface area contributed by atoms with Gasteiger partial charge in [-0.3, -0.25) is 0 Å². The van der Waals surface area contributed by atoms with E-state index in [0.29, 0.717) is 17.5 Å². The molecule has 5 rings (SSSR count). The van der Waals surface area contributed by atoms with Crippen LogP contribution in [0.15, 0.2) is 40.9 Å². The Morgan fingerprint density at radius 3 is 2.32 bits per heavy atom. The summed E-state index contributed by atoms with van der Waals surface area (Å²) >= 11 is 0. The maximum atomic E-state index is 5.47. The molecule has 2 aliphatic heterocycles. The Hall–Kier alpha value is -3.22. The first-order valence-corrected chi connectivity index (χ1v) is 7.91. The first-order chi connectivity index (χ1) is 12.3. The molecule has 0 bridgehead atoms. The van der Waals surface area contributed by atoms with E-state index in [1.807, 2.05) is 43.3 Å². The largest absolute Gasteiger partial charge is 0.454 e. The molecule has 7 nitrogen and oxygen atoms in total. The molecule has 1 aromatic heterocycles. The Morgan fingerprint density at radius 2 is 1.52 bits per heavy atom. The topological polar surface area (TPSA) is 75.8 Å². The van der Waals surface area contributed by atoms with Gasteiger partial charge in [0.2, 0.25) is 25.3 Å². The predicted octanol–water partition coefficient (Wildman–Crippen LogP) is 3.35. The molecular formula is C18H14N2O5. The van der Waals surface area contributed by atoms with Crippen molar-refractivity contribution in [1.29, 1.82) is 0 Å². The van der Waals surface area contributed by atoms with E-state index in [1.54, 1.807) is 0 Å². The third kappa shape index (κ3) is 2.36. The lowest BCUT2D eigenvalue weighted by Crippen LogP contribution is -1.96. The van der Waals surface area contributed by atoms with E-state index in [1.165, 1.54) is 0 Å². The van der Waals surface area contributed by atoms with E-state index in [4.69, 9.17) is 23.5 Å². The van der Waals surface area contributed by atoms with Crippen molar-refractivity contribution in [1.82, 2.24) is 10.1 Å². The van der Waals surface area contributed by atoms with E-state index in [2.05, 4.69) is 10.1 Å². The molecule has 126 valence electrons. The fourth-order valence-corrected chi connectivity index (χ4v) is 2.89. The summed E-state index contributed by atoms with van der Waals surface area (Å²) in [5.74, 6) is 3.88. The van der Waals surface area contributed by atoms with Crippen LogP contribution in [-0.2, 0) is 0 Å². The first kappa shape index (κ1) is 14.2. The van der Waals surface area contributed by atoms with Crippen LogP contribution >= 0.6 is 0 Å². The Balaban J connectivity index is 1.44. The standard InChI is InChI=1S/C18H14N2O5/c1-10(11-2-4-13-15(6-11)23-8-21-13)18-19-17(20-25-18)12-3-5-14-16(7-12)24-9-22-14/h2-7,10H,8-9H2,1H3. The van der Waals surface area contributed by atoms with Gasteiger partial charge in [-0.2, -0.15) is 4.98 Å². The molecule has 25 heavy (non-hydrogen) atoms. The van der Waals surface area contributed by atoms with Gasteiger partial charge in [0.1, 0.15) is 0 Å². The van der Waals surface area contributed by atoms with Crippen LogP contribution in [0.2, 0.25) is 0 Å². The zero-order chi connectivity index (χ0) is 16.8. The van der Waals surface area contributed by atoms with Gasteiger partial charge in [0.05, 0.1) is 5.92 Å². The lowest BCUT2D eigenvalue weighted by Gasteiger charge is -2.07. The smallest absolute Gasteiger partial charge is 0.234 e. The summed E-state index contributed by atoms with van der Waals surface area (Å²) < 4.78 is 26.9. The third-order valence-corrected chi connectivity index (χ3v) is 4.34. The predicted molar refractivity (Wildman–Crippen MR) is 85.9 cm³/mol. The van der Waals surface area contributed by atoms with E-state index in [0.717, 1.165) is 28.4 Å². The molecular weight excluding hydrogens is 324 g/mol. The van der Waals surface area contributed by atoms with Crippen LogP contribution in [0.3, 0.4) is 0 Å². The lowest BCUT2D eigenvalue weighted by atomic mass is 10.0. The molecule has 1 unspecified atom stereocenters. The van der Waals surface area contributed by atoms with Crippen molar-refractivity contribution in [2.24, 2.45) is 0 Å². The van der Waals surface area contributed by atoms with Crippen molar-refractivity contribution >= 4 is 0 Å². The summed E-state index contributed by atoms with van der Waals surface area (Å²) in [5.41, 5.74) is 1.84. The zero-order valence-electron chi connectivity index (χ0n) is 13.4. The highest BCUT2D eigenvalue weighted by Gasteiger charge is 2.22. The minimum absolute atomic E-state index is 0.0650. The summed E-state index contributed by atoms with van der Waals surface area (Å²) in [6.45, 7) is 2.49. The quantitative estimate of drug-likeness (QED) is 0.725. The summed E-state index contributed by atoms with van der Waals surface area (Å²) in [6.07, 6.45) is 0. The normalized spacial score (nSPS) is 15.4. The van der Waals surface area contributed by atoms with Crippen molar-refractivity contribution in [3.63, 3.8) is 0 Å². The summed E-state index contributed by atoms with van der Waals surface area (Å²) in [6, 6.07) is 11.4. The van der Waals surface area contributed by atoms with Crippen LogP contribution in [0, 0.1) is 0 Å².